The number of carbonyl (C=O) groups excluding carboxylic acids is 3. The molecule has 0 bridgehead atoms. The number of halogens is 2. The van der Waals surface area contributed by atoms with Crippen LogP contribution in [0.5, 0.6) is 0 Å². The summed E-state index contributed by atoms with van der Waals surface area (Å²) < 4.78 is 4.98. The summed E-state index contributed by atoms with van der Waals surface area (Å²) in [6.45, 7) is -0.804. The zero-order valence-electron chi connectivity index (χ0n) is 13.3. The Bertz CT molecular complexity index is 802. The van der Waals surface area contributed by atoms with Crippen LogP contribution in [0.2, 0.25) is 10.0 Å². The molecule has 0 aliphatic heterocycles. The van der Waals surface area contributed by atoms with Gasteiger partial charge in [0.25, 0.3) is 11.8 Å². The molecule has 0 unspecified atom stereocenters. The summed E-state index contributed by atoms with van der Waals surface area (Å²) in [7, 11) is 0. The largest absolute Gasteiger partial charge is 0.362 e. The molecule has 8 nitrogen and oxygen atoms in total. The average molecular weight is 397 g/mol. The molecule has 2 aromatic rings. The van der Waals surface area contributed by atoms with Crippen molar-refractivity contribution in [1.82, 2.24) is 15.8 Å². The van der Waals surface area contributed by atoms with E-state index in [4.69, 9.17) is 27.9 Å². The van der Waals surface area contributed by atoms with Crippen LogP contribution in [0.25, 0.3) is 0 Å². The first-order valence-corrected chi connectivity index (χ1v) is 8.04. The van der Waals surface area contributed by atoms with Gasteiger partial charge in [0.05, 0.1) is 15.7 Å². The third kappa shape index (κ3) is 5.99. The standard InChI is InChI=1S/C16H14Cl2N4O4/c17-11-2-1-3-12(15(11)18)20-13(23)8-26-9-14(24)21-22-16(25)10-4-6-19-7-5-10/h1-7H,8-9H2,(H,20,23)(H,21,24)(H,22,25). The minimum Gasteiger partial charge on any atom is -0.362 e. The van der Waals surface area contributed by atoms with Gasteiger partial charge in [-0.2, -0.15) is 0 Å². The number of ether oxygens (including phenoxy) is 1. The summed E-state index contributed by atoms with van der Waals surface area (Å²) in [5.41, 5.74) is 5.05. The van der Waals surface area contributed by atoms with E-state index in [9.17, 15) is 14.4 Å². The summed E-state index contributed by atoms with van der Waals surface area (Å²) in [5, 5.41) is 3.02. The number of pyridine rings is 1. The molecule has 0 fully saturated rings. The van der Waals surface area contributed by atoms with Gasteiger partial charge in [-0.3, -0.25) is 30.2 Å². The van der Waals surface area contributed by atoms with E-state index in [1.807, 2.05) is 0 Å². The highest BCUT2D eigenvalue weighted by Gasteiger charge is 2.10. The van der Waals surface area contributed by atoms with Gasteiger partial charge in [-0.15, -0.1) is 0 Å². The van der Waals surface area contributed by atoms with Gasteiger partial charge in [0, 0.05) is 18.0 Å². The van der Waals surface area contributed by atoms with E-state index in [-0.39, 0.29) is 11.6 Å². The topological polar surface area (TPSA) is 109 Å². The lowest BCUT2D eigenvalue weighted by Crippen LogP contribution is -2.43. The fourth-order valence-corrected chi connectivity index (χ4v) is 2.11. The summed E-state index contributed by atoms with van der Waals surface area (Å²) in [4.78, 5) is 38.8. The lowest BCUT2D eigenvalue weighted by Gasteiger charge is -2.09. The van der Waals surface area contributed by atoms with E-state index in [0.29, 0.717) is 16.3 Å². The Morgan fingerprint density at radius 1 is 0.962 bits per heavy atom. The maximum Gasteiger partial charge on any atom is 0.269 e. The number of nitrogens with zero attached hydrogens (tertiary/aromatic N) is 1. The Balaban J connectivity index is 1.68. The van der Waals surface area contributed by atoms with Gasteiger partial charge in [-0.1, -0.05) is 29.3 Å². The summed E-state index contributed by atoms with van der Waals surface area (Å²) >= 11 is 11.8. The van der Waals surface area contributed by atoms with Gasteiger partial charge in [0.15, 0.2) is 0 Å². The molecular weight excluding hydrogens is 383 g/mol. The van der Waals surface area contributed by atoms with E-state index < -0.39 is 24.3 Å². The van der Waals surface area contributed by atoms with Gasteiger partial charge in [0.2, 0.25) is 5.91 Å². The second-order valence-corrected chi connectivity index (χ2v) is 5.67. The lowest BCUT2D eigenvalue weighted by atomic mass is 10.3. The molecule has 0 atom stereocenters. The number of hydrogen-bond donors (Lipinski definition) is 3. The van der Waals surface area contributed by atoms with E-state index in [1.54, 1.807) is 18.2 Å². The van der Waals surface area contributed by atoms with E-state index >= 15 is 0 Å². The van der Waals surface area contributed by atoms with Gasteiger partial charge < -0.3 is 10.1 Å². The number of rotatable bonds is 6. The van der Waals surface area contributed by atoms with Crippen LogP contribution in [-0.4, -0.2) is 35.9 Å². The van der Waals surface area contributed by atoms with Crippen LogP contribution in [-0.2, 0) is 14.3 Å². The monoisotopic (exact) mass is 396 g/mol. The van der Waals surface area contributed by atoms with Crippen molar-refractivity contribution in [3.63, 3.8) is 0 Å². The molecule has 0 aliphatic carbocycles. The van der Waals surface area contributed by atoms with E-state index in [1.165, 1.54) is 24.5 Å². The summed E-state index contributed by atoms with van der Waals surface area (Å²) in [6, 6.07) is 7.77. The molecule has 1 aromatic carbocycles. The van der Waals surface area contributed by atoms with Crippen LogP contribution in [0.1, 0.15) is 10.4 Å². The number of aromatic nitrogens is 1. The molecule has 3 amide bonds. The van der Waals surface area contributed by atoms with Crippen molar-refractivity contribution in [1.29, 1.82) is 0 Å². The molecule has 1 aromatic heterocycles. The number of amides is 3. The highest BCUT2D eigenvalue weighted by molar-refractivity contribution is 6.44. The second kappa shape index (κ2) is 9.71. The predicted molar refractivity (Wildman–Crippen MR) is 95.8 cm³/mol. The smallest absolute Gasteiger partial charge is 0.269 e. The van der Waals surface area contributed by atoms with Crippen LogP contribution in [0.4, 0.5) is 5.69 Å². The van der Waals surface area contributed by atoms with Crippen LogP contribution in [0.15, 0.2) is 42.7 Å². The average Bonchev–Trinajstić information content (AvgIpc) is 2.64. The minimum absolute atomic E-state index is 0.207. The number of nitrogens with one attached hydrogen (secondary N) is 3. The quantitative estimate of drug-likeness (QED) is 0.644. The molecule has 2 rings (SSSR count). The number of hydrogen-bond acceptors (Lipinski definition) is 5. The maximum atomic E-state index is 11.8. The Morgan fingerprint density at radius 3 is 2.38 bits per heavy atom. The van der Waals surface area contributed by atoms with Crippen molar-refractivity contribution >= 4 is 46.6 Å². The highest BCUT2D eigenvalue weighted by Crippen LogP contribution is 2.29. The molecule has 10 heteroatoms. The fourth-order valence-electron chi connectivity index (χ4n) is 1.76. The molecule has 0 spiro atoms. The third-order valence-electron chi connectivity index (χ3n) is 2.95. The van der Waals surface area contributed by atoms with Crippen LogP contribution < -0.4 is 16.2 Å². The molecule has 0 radical (unpaired) electrons. The second-order valence-electron chi connectivity index (χ2n) is 4.88. The summed E-state index contributed by atoms with van der Waals surface area (Å²) in [6.07, 6.45) is 2.90. The highest BCUT2D eigenvalue weighted by atomic mass is 35.5. The third-order valence-corrected chi connectivity index (χ3v) is 3.77. The van der Waals surface area contributed by atoms with Gasteiger partial charge in [-0.05, 0) is 24.3 Å². The predicted octanol–water partition coefficient (Wildman–Crippen LogP) is 1.80. The Hall–Kier alpha value is -2.68. The van der Waals surface area contributed by atoms with Gasteiger partial charge in [-0.25, -0.2) is 0 Å². The molecule has 3 N–H and O–H groups in total. The number of anilines is 1. The van der Waals surface area contributed by atoms with Gasteiger partial charge >= 0.3 is 0 Å². The first kappa shape index (κ1) is 19.6. The van der Waals surface area contributed by atoms with Crippen molar-refractivity contribution in [3.05, 3.63) is 58.3 Å². The van der Waals surface area contributed by atoms with E-state index in [2.05, 4.69) is 21.2 Å². The van der Waals surface area contributed by atoms with E-state index in [0.717, 1.165) is 0 Å². The molecule has 0 saturated heterocycles. The van der Waals surface area contributed by atoms with Crippen LogP contribution >= 0.6 is 23.2 Å². The first-order valence-electron chi connectivity index (χ1n) is 7.28. The number of carbonyl (C=O) groups is 3. The Morgan fingerprint density at radius 2 is 1.65 bits per heavy atom. The number of hydrazine groups is 1. The van der Waals surface area contributed by atoms with Crippen molar-refractivity contribution < 1.29 is 19.1 Å². The van der Waals surface area contributed by atoms with Crippen molar-refractivity contribution in [3.8, 4) is 0 Å². The molecule has 26 heavy (non-hydrogen) atoms. The van der Waals surface area contributed by atoms with Gasteiger partial charge in [0.1, 0.15) is 13.2 Å². The maximum absolute atomic E-state index is 11.8. The first-order chi connectivity index (χ1) is 12.5. The van der Waals surface area contributed by atoms with Crippen LogP contribution in [0, 0.1) is 0 Å². The normalized spacial score (nSPS) is 10.1. The molecule has 0 aliphatic rings. The fraction of sp³-hybridized carbons (Fsp3) is 0.125. The zero-order chi connectivity index (χ0) is 18.9. The number of benzene rings is 1. The van der Waals surface area contributed by atoms with Crippen LogP contribution in [0.3, 0.4) is 0 Å². The van der Waals surface area contributed by atoms with Crippen molar-refractivity contribution in [2.75, 3.05) is 18.5 Å². The van der Waals surface area contributed by atoms with Crippen molar-refractivity contribution in [2.45, 2.75) is 0 Å². The molecular formula is C16H14Cl2N4O4. The Labute approximate surface area is 158 Å². The molecule has 136 valence electrons. The zero-order valence-corrected chi connectivity index (χ0v) is 14.8. The SMILES string of the molecule is O=C(COCC(=O)Nc1cccc(Cl)c1Cl)NNC(=O)c1ccncc1. The minimum atomic E-state index is -0.624. The molecule has 1 heterocycles. The molecule has 0 saturated carbocycles. The Kier molecular flexibility index (Phi) is 7.34. The van der Waals surface area contributed by atoms with Crippen molar-refractivity contribution in [2.24, 2.45) is 0 Å². The lowest BCUT2D eigenvalue weighted by molar-refractivity contribution is -0.129. The summed E-state index contributed by atoms with van der Waals surface area (Å²) in [5.74, 6) is -1.64.